The van der Waals surface area contributed by atoms with E-state index < -0.39 is 0 Å². The fourth-order valence-electron chi connectivity index (χ4n) is 1.84. The molecule has 1 rings (SSSR count). The van der Waals surface area contributed by atoms with Crippen LogP contribution >= 0.6 is 0 Å². The van der Waals surface area contributed by atoms with Gasteiger partial charge in [-0.15, -0.1) is 0 Å². The third-order valence-corrected chi connectivity index (χ3v) is 2.78. The summed E-state index contributed by atoms with van der Waals surface area (Å²) in [5.74, 6) is 0.396. The Kier molecular flexibility index (Phi) is 5.60. The molecule has 0 aromatic carbocycles. The number of nitrogens with zero attached hydrogens (tertiary/aromatic N) is 1. The van der Waals surface area contributed by atoms with Crippen LogP contribution in [0.25, 0.3) is 0 Å². The lowest BCUT2D eigenvalue weighted by molar-refractivity contribution is 0.0910. The van der Waals surface area contributed by atoms with E-state index in [-0.39, 0.29) is 6.09 Å². The summed E-state index contributed by atoms with van der Waals surface area (Å²) in [5.41, 5.74) is 0. The molecule has 0 saturated carbocycles. The number of carbonyl (C=O) groups excluding carboxylic acids is 1. The first kappa shape index (κ1) is 13.3. The lowest BCUT2D eigenvalue weighted by Gasteiger charge is -2.24. The zero-order valence-electron chi connectivity index (χ0n) is 10.7. The lowest BCUT2D eigenvalue weighted by atomic mass is 10.2. The van der Waals surface area contributed by atoms with Crippen LogP contribution in [0.4, 0.5) is 4.79 Å². The van der Waals surface area contributed by atoms with Gasteiger partial charge in [0.25, 0.3) is 0 Å². The summed E-state index contributed by atoms with van der Waals surface area (Å²) in [6, 6.07) is 0.451. The molecule has 1 fully saturated rings. The SMILES string of the molecule is CCN(CC1CCCN1)C(=O)OCC(C)C. The number of nitrogens with one attached hydrogen (secondary N) is 1. The van der Waals surface area contributed by atoms with Gasteiger partial charge in [-0.25, -0.2) is 4.79 Å². The van der Waals surface area contributed by atoms with Gasteiger partial charge in [-0.05, 0) is 32.2 Å². The first-order valence-corrected chi connectivity index (χ1v) is 6.28. The molecule has 1 saturated heterocycles. The van der Waals surface area contributed by atoms with Gasteiger partial charge in [-0.3, -0.25) is 0 Å². The van der Waals surface area contributed by atoms with E-state index in [9.17, 15) is 4.79 Å². The van der Waals surface area contributed by atoms with E-state index in [0.29, 0.717) is 18.6 Å². The van der Waals surface area contributed by atoms with Crippen molar-refractivity contribution in [2.75, 3.05) is 26.2 Å². The van der Waals surface area contributed by atoms with E-state index >= 15 is 0 Å². The van der Waals surface area contributed by atoms with Crippen LogP contribution in [0.15, 0.2) is 0 Å². The van der Waals surface area contributed by atoms with Gasteiger partial charge in [0, 0.05) is 19.1 Å². The first-order chi connectivity index (χ1) is 7.63. The molecule has 1 heterocycles. The molecule has 1 amide bonds. The zero-order chi connectivity index (χ0) is 12.0. The van der Waals surface area contributed by atoms with E-state index in [0.717, 1.165) is 26.1 Å². The second-order valence-corrected chi connectivity index (χ2v) is 4.80. The van der Waals surface area contributed by atoms with Crippen LogP contribution in [0, 0.1) is 5.92 Å². The Hall–Kier alpha value is -0.770. The molecular weight excluding hydrogens is 204 g/mol. The Bertz CT molecular complexity index is 213. The Balaban J connectivity index is 2.30. The minimum Gasteiger partial charge on any atom is -0.449 e. The lowest BCUT2D eigenvalue weighted by Crippen LogP contribution is -2.41. The maximum Gasteiger partial charge on any atom is 0.409 e. The van der Waals surface area contributed by atoms with Gasteiger partial charge in [-0.1, -0.05) is 13.8 Å². The largest absolute Gasteiger partial charge is 0.449 e. The second kappa shape index (κ2) is 6.74. The van der Waals surface area contributed by atoms with Gasteiger partial charge in [0.05, 0.1) is 6.61 Å². The summed E-state index contributed by atoms with van der Waals surface area (Å²) in [5, 5.41) is 3.39. The maximum atomic E-state index is 11.7. The number of hydrogen-bond acceptors (Lipinski definition) is 3. The van der Waals surface area contributed by atoms with E-state index in [1.54, 1.807) is 4.90 Å². The van der Waals surface area contributed by atoms with Crippen molar-refractivity contribution in [1.82, 2.24) is 10.2 Å². The van der Waals surface area contributed by atoms with E-state index in [1.165, 1.54) is 6.42 Å². The second-order valence-electron chi connectivity index (χ2n) is 4.80. The molecule has 1 unspecified atom stereocenters. The van der Waals surface area contributed by atoms with Crippen molar-refractivity contribution in [3.63, 3.8) is 0 Å². The number of amides is 1. The number of likely N-dealkylation sites (N-methyl/N-ethyl adjacent to an activating group) is 1. The van der Waals surface area contributed by atoms with Crippen molar-refractivity contribution in [1.29, 1.82) is 0 Å². The number of rotatable bonds is 5. The predicted molar refractivity (Wildman–Crippen MR) is 64.5 cm³/mol. The van der Waals surface area contributed by atoms with Crippen molar-refractivity contribution >= 4 is 6.09 Å². The van der Waals surface area contributed by atoms with Gasteiger partial charge < -0.3 is 15.0 Å². The van der Waals surface area contributed by atoms with E-state index in [1.807, 2.05) is 20.8 Å². The van der Waals surface area contributed by atoms with Crippen LogP contribution < -0.4 is 5.32 Å². The topological polar surface area (TPSA) is 41.6 Å². The van der Waals surface area contributed by atoms with Gasteiger partial charge in [0.2, 0.25) is 0 Å². The summed E-state index contributed by atoms with van der Waals surface area (Å²) in [6.07, 6.45) is 2.20. The van der Waals surface area contributed by atoms with Crippen LogP contribution in [0.3, 0.4) is 0 Å². The summed E-state index contributed by atoms with van der Waals surface area (Å²) >= 11 is 0. The fourth-order valence-corrected chi connectivity index (χ4v) is 1.84. The van der Waals surface area contributed by atoms with Crippen molar-refractivity contribution in [3.8, 4) is 0 Å². The molecule has 0 aliphatic carbocycles. The average molecular weight is 228 g/mol. The molecule has 1 atom stereocenters. The molecule has 4 nitrogen and oxygen atoms in total. The highest BCUT2D eigenvalue weighted by atomic mass is 16.6. The molecule has 0 bridgehead atoms. The van der Waals surface area contributed by atoms with Gasteiger partial charge >= 0.3 is 6.09 Å². The molecule has 0 spiro atoms. The molecule has 4 heteroatoms. The third-order valence-electron chi connectivity index (χ3n) is 2.78. The number of ether oxygens (including phenoxy) is 1. The Labute approximate surface area is 98.3 Å². The summed E-state index contributed by atoms with van der Waals surface area (Å²) < 4.78 is 5.23. The van der Waals surface area contributed by atoms with E-state index in [4.69, 9.17) is 4.74 Å². The standard InChI is InChI=1S/C12H24N2O2/c1-4-14(8-11-6-5-7-13-11)12(15)16-9-10(2)3/h10-11,13H,4-9H2,1-3H3. The number of carbonyl (C=O) groups is 1. The Morgan fingerprint density at radius 1 is 1.56 bits per heavy atom. The molecule has 16 heavy (non-hydrogen) atoms. The number of hydrogen-bond donors (Lipinski definition) is 1. The monoisotopic (exact) mass is 228 g/mol. The maximum absolute atomic E-state index is 11.7. The highest BCUT2D eigenvalue weighted by Crippen LogP contribution is 2.08. The van der Waals surface area contributed by atoms with Crippen molar-refractivity contribution in [2.45, 2.75) is 39.7 Å². The summed E-state index contributed by atoms with van der Waals surface area (Å²) in [6.45, 7) is 9.15. The van der Waals surface area contributed by atoms with Crippen LogP contribution in [-0.2, 0) is 4.74 Å². The van der Waals surface area contributed by atoms with Crippen LogP contribution in [0.1, 0.15) is 33.6 Å². The van der Waals surface area contributed by atoms with Gasteiger partial charge in [0.15, 0.2) is 0 Å². The molecule has 0 aromatic heterocycles. The highest BCUT2D eigenvalue weighted by molar-refractivity contribution is 5.67. The summed E-state index contributed by atoms with van der Waals surface area (Å²) in [4.78, 5) is 13.5. The molecule has 94 valence electrons. The van der Waals surface area contributed by atoms with Crippen LogP contribution in [0.2, 0.25) is 0 Å². The Morgan fingerprint density at radius 3 is 2.81 bits per heavy atom. The van der Waals surface area contributed by atoms with Gasteiger partial charge in [0.1, 0.15) is 0 Å². The zero-order valence-corrected chi connectivity index (χ0v) is 10.7. The fraction of sp³-hybridized carbons (Fsp3) is 0.917. The first-order valence-electron chi connectivity index (χ1n) is 6.28. The molecule has 1 aliphatic rings. The molecule has 0 radical (unpaired) electrons. The molecule has 1 aliphatic heterocycles. The van der Waals surface area contributed by atoms with Gasteiger partial charge in [-0.2, -0.15) is 0 Å². The smallest absolute Gasteiger partial charge is 0.409 e. The minimum atomic E-state index is -0.176. The van der Waals surface area contributed by atoms with Crippen LogP contribution in [0.5, 0.6) is 0 Å². The minimum absolute atomic E-state index is 0.176. The predicted octanol–water partition coefficient (Wildman–Crippen LogP) is 1.85. The third kappa shape index (κ3) is 4.39. The summed E-state index contributed by atoms with van der Waals surface area (Å²) in [7, 11) is 0. The van der Waals surface area contributed by atoms with E-state index in [2.05, 4.69) is 5.32 Å². The Morgan fingerprint density at radius 2 is 2.31 bits per heavy atom. The van der Waals surface area contributed by atoms with Crippen molar-refractivity contribution < 1.29 is 9.53 Å². The van der Waals surface area contributed by atoms with Crippen LogP contribution in [-0.4, -0.2) is 43.3 Å². The molecule has 0 aromatic rings. The van der Waals surface area contributed by atoms with Crippen molar-refractivity contribution in [3.05, 3.63) is 0 Å². The normalized spacial score (nSPS) is 20.1. The quantitative estimate of drug-likeness (QED) is 0.781. The molecule has 1 N–H and O–H groups in total. The highest BCUT2D eigenvalue weighted by Gasteiger charge is 2.21. The van der Waals surface area contributed by atoms with Crippen molar-refractivity contribution in [2.24, 2.45) is 5.92 Å². The molecular formula is C12H24N2O2. The average Bonchev–Trinajstić information content (AvgIpc) is 2.75.